The number of thiazole rings is 1. The fourth-order valence-electron chi connectivity index (χ4n) is 3.19. The summed E-state index contributed by atoms with van der Waals surface area (Å²) >= 11 is 1.50. The van der Waals surface area contributed by atoms with Crippen LogP contribution in [-0.4, -0.2) is 28.5 Å². The molecule has 3 heterocycles. The number of hydrogen-bond donors (Lipinski definition) is 1. The molecule has 0 amide bonds. The van der Waals surface area contributed by atoms with Gasteiger partial charge in [0, 0.05) is 41.5 Å². The molecular weight excluding hydrogens is 292 g/mol. The van der Waals surface area contributed by atoms with Gasteiger partial charge in [0.2, 0.25) is 0 Å². The van der Waals surface area contributed by atoms with Gasteiger partial charge in [-0.05, 0) is 31.7 Å². The summed E-state index contributed by atoms with van der Waals surface area (Å²) in [5.41, 5.74) is 12.9. The number of anilines is 1. The Labute approximate surface area is 133 Å². The van der Waals surface area contributed by atoms with Crippen molar-refractivity contribution in [2.75, 3.05) is 19.3 Å². The second kappa shape index (κ2) is 5.04. The van der Waals surface area contributed by atoms with E-state index in [2.05, 4.69) is 47.4 Å². The minimum Gasteiger partial charge on any atom is -0.375 e. The smallest absolute Gasteiger partial charge is 0.180 e. The van der Waals surface area contributed by atoms with Crippen molar-refractivity contribution in [3.8, 4) is 11.3 Å². The number of benzene rings is 1. The maximum Gasteiger partial charge on any atom is 0.180 e. The van der Waals surface area contributed by atoms with Crippen molar-refractivity contribution in [3.63, 3.8) is 0 Å². The van der Waals surface area contributed by atoms with Crippen molar-refractivity contribution in [1.82, 2.24) is 14.9 Å². The average Bonchev–Trinajstić information content (AvgIpc) is 2.91. The SMILES string of the molecule is Cc1ccc2nc3c(c(-c4csc(N)n4)c2c1)CN(C)CC3. The number of aryl methyl sites for hydroxylation is 1. The van der Waals surface area contributed by atoms with Crippen LogP contribution < -0.4 is 5.73 Å². The highest BCUT2D eigenvalue weighted by Gasteiger charge is 2.22. The van der Waals surface area contributed by atoms with E-state index in [0.717, 1.165) is 30.7 Å². The van der Waals surface area contributed by atoms with Gasteiger partial charge in [0.1, 0.15) is 0 Å². The third-order valence-electron chi connectivity index (χ3n) is 4.26. The van der Waals surface area contributed by atoms with Gasteiger partial charge >= 0.3 is 0 Å². The van der Waals surface area contributed by atoms with Crippen LogP contribution in [0.2, 0.25) is 0 Å². The van der Waals surface area contributed by atoms with Crippen LogP contribution in [0.1, 0.15) is 16.8 Å². The Kier molecular flexibility index (Phi) is 3.13. The summed E-state index contributed by atoms with van der Waals surface area (Å²) in [6.45, 7) is 4.08. The predicted octanol–water partition coefficient (Wildman–Crippen LogP) is 3.24. The monoisotopic (exact) mass is 310 g/mol. The Morgan fingerprint density at radius 1 is 1.27 bits per heavy atom. The molecule has 1 aliphatic rings. The quantitative estimate of drug-likeness (QED) is 0.749. The van der Waals surface area contributed by atoms with Gasteiger partial charge in [-0.3, -0.25) is 4.98 Å². The number of rotatable bonds is 1. The van der Waals surface area contributed by atoms with Gasteiger partial charge in [-0.2, -0.15) is 0 Å². The van der Waals surface area contributed by atoms with Gasteiger partial charge in [-0.1, -0.05) is 11.6 Å². The lowest BCUT2D eigenvalue weighted by molar-refractivity contribution is 0.311. The van der Waals surface area contributed by atoms with E-state index in [4.69, 9.17) is 10.7 Å². The van der Waals surface area contributed by atoms with Gasteiger partial charge in [0.15, 0.2) is 5.13 Å². The first-order valence-corrected chi connectivity index (χ1v) is 8.32. The van der Waals surface area contributed by atoms with Crippen molar-refractivity contribution < 1.29 is 0 Å². The molecular formula is C17H18N4S. The molecule has 0 spiro atoms. The highest BCUT2D eigenvalue weighted by atomic mass is 32.1. The van der Waals surface area contributed by atoms with Gasteiger partial charge in [-0.15, -0.1) is 11.3 Å². The molecule has 0 unspecified atom stereocenters. The summed E-state index contributed by atoms with van der Waals surface area (Å²) < 4.78 is 0. The van der Waals surface area contributed by atoms with Crippen LogP contribution >= 0.6 is 11.3 Å². The summed E-state index contributed by atoms with van der Waals surface area (Å²) in [7, 11) is 2.16. The van der Waals surface area contributed by atoms with Crippen LogP contribution in [0, 0.1) is 6.92 Å². The van der Waals surface area contributed by atoms with E-state index in [1.165, 1.54) is 39.1 Å². The molecule has 5 heteroatoms. The lowest BCUT2D eigenvalue weighted by Crippen LogP contribution is -2.28. The van der Waals surface area contributed by atoms with Gasteiger partial charge < -0.3 is 10.6 Å². The average molecular weight is 310 g/mol. The minimum absolute atomic E-state index is 0.616. The van der Waals surface area contributed by atoms with Crippen molar-refractivity contribution in [3.05, 3.63) is 40.4 Å². The van der Waals surface area contributed by atoms with Crippen LogP contribution in [0.25, 0.3) is 22.2 Å². The summed E-state index contributed by atoms with van der Waals surface area (Å²) in [6.07, 6.45) is 0.988. The van der Waals surface area contributed by atoms with E-state index in [0.29, 0.717) is 5.13 Å². The van der Waals surface area contributed by atoms with Crippen LogP contribution in [0.4, 0.5) is 5.13 Å². The minimum atomic E-state index is 0.616. The van der Waals surface area contributed by atoms with Crippen LogP contribution in [-0.2, 0) is 13.0 Å². The molecule has 0 fully saturated rings. The molecule has 3 aromatic rings. The zero-order chi connectivity index (χ0) is 15.3. The zero-order valence-electron chi connectivity index (χ0n) is 12.8. The standard InChI is InChI=1S/C17H18N4S/c1-10-3-4-13-11(7-10)16(15-9-22-17(18)20-15)12-8-21(2)6-5-14(12)19-13/h3-4,7,9H,5-6,8H2,1-2H3,(H2,18,20). The molecule has 0 atom stereocenters. The topological polar surface area (TPSA) is 55.0 Å². The maximum absolute atomic E-state index is 5.87. The summed E-state index contributed by atoms with van der Waals surface area (Å²) in [5, 5.41) is 3.85. The van der Waals surface area contributed by atoms with E-state index < -0.39 is 0 Å². The second-order valence-electron chi connectivity index (χ2n) is 5.99. The van der Waals surface area contributed by atoms with Crippen molar-refractivity contribution in [1.29, 1.82) is 0 Å². The number of aromatic nitrogens is 2. The fraction of sp³-hybridized carbons (Fsp3) is 0.294. The van der Waals surface area contributed by atoms with Crippen LogP contribution in [0.3, 0.4) is 0 Å². The number of nitrogens with two attached hydrogens (primary N) is 1. The Balaban J connectivity index is 2.09. The molecule has 1 aromatic carbocycles. The second-order valence-corrected chi connectivity index (χ2v) is 6.88. The molecule has 0 radical (unpaired) electrons. The van der Waals surface area contributed by atoms with E-state index >= 15 is 0 Å². The zero-order valence-corrected chi connectivity index (χ0v) is 13.6. The molecule has 0 bridgehead atoms. The summed E-state index contributed by atoms with van der Waals surface area (Å²) in [4.78, 5) is 11.8. The first-order chi connectivity index (χ1) is 10.6. The fourth-order valence-corrected chi connectivity index (χ4v) is 3.74. The first kappa shape index (κ1) is 13.7. The van der Waals surface area contributed by atoms with E-state index in [1.54, 1.807) is 0 Å². The first-order valence-electron chi connectivity index (χ1n) is 7.44. The highest BCUT2D eigenvalue weighted by Crippen LogP contribution is 2.36. The molecule has 0 aliphatic carbocycles. The Bertz CT molecular complexity index is 868. The molecule has 0 saturated heterocycles. The van der Waals surface area contributed by atoms with Gasteiger partial charge in [-0.25, -0.2) is 4.98 Å². The normalized spacial score (nSPS) is 15.2. The van der Waals surface area contributed by atoms with Crippen molar-refractivity contribution in [2.24, 2.45) is 0 Å². The lowest BCUT2D eigenvalue weighted by Gasteiger charge is -2.27. The molecule has 2 N–H and O–H groups in total. The van der Waals surface area contributed by atoms with E-state index in [9.17, 15) is 0 Å². The molecule has 0 saturated carbocycles. The molecule has 22 heavy (non-hydrogen) atoms. The third kappa shape index (κ3) is 2.17. The lowest BCUT2D eigenvalue weighted by atomic mass is 9.94. The van der Waals surface area contributed by atoms with Crippen molar-refractivity contribution >= 4 is 27.4 Å². The Morgan fingerprint density at radius 2 is 2.14 bits per heavy atom. The summed E-state index contributed by atoms with van der Waals surface area (Å²) in [6, 6.07) is 6.44. The number of nitrogens with zero attached hydrogens (tertiary/aromatic N) is 3. The van der Waals surface area contributed by atoms with Crippen LogP contribution in [0.5, 0.6) is 0 Å². The Hall–Kier alpha value is -1.98. The van der Waals surface area contributed by atoms with Gasteiger partial charge in [0.05, 0.1) is 11.2 Å². The van der Waals surface area contributed by atoms with Crippen LogP contribution in [0.15, 0.2) is 23.6 Å². The van der Waals surface area contributed by atoms with Gasteiger partial charge in [0.25, 0.3) is 0 Å². The number of fused-ring (bicyclic) bond motifs is 2. The van der Waals surface area contributed by atoms with Crippen molar-refractivity contribution in [2.45, 2.75) is 19.9 Å². The Morgan fingerprint density at radius 3 is 2.91 bits per heavy atom. The maximum atomic E-state index is 5.87. The largest absolute Gasteiger partial charge is 0.375 e. The molecule has 112 valence electrons. The number of hydrogen-bond acceptors (Lipinski definition) is 5. The number of likely N-dealkylation sites (N-methyl/N-ethyl adjacent to an activating group) is 1. The number of nitrogen functional groups attached to an aromatic ring is 1. The summed E-state index contributed by atoms with van der Waals surface area (Å²) in [5.74, 6) is 0. The van der Waals surface area contributed by atoms with E-state index in [-0.39, 0.29) is 0 Å². The molecule has 1 aliphatic heterocycles. The predicted molar refractivity (Wildman–Crippen MR) is 92.0 cm³/mol. The molecule has 2 aromatic heterocycles. The highest BCUT2D eigenvalue weighted by molar-refractivity contribution is 7.13. The molecule has 4 nitrogen and oxygen atoms in total. The van der Waals surface area contributed by atoms with E-state index in [1.807, 2.05) is 0 Å². The number of pyridine rings is 1. The third-order valence-corrected chi connectivity index (χ3v) is 4.94. The molecule has 4 rings (SSSR count).